The van der Waals surface area contributed by atoms with Gasteiger partial charge in [0.2, 0.25) is 0 Å². The Labute approximate surface area is 103 Å². The van der Waals surface area contributed by atoms with Gasteiger partial charge in [0.25, 0.3) is 0 Å². The van der Waals surface area contributed by atoms with Crippen LogP contribution in [0.15, 0.2) is 22.7 Å². The van der Waals surface area contributed by atoms with Crippen LogP contribution in [0, 0.1) is 5.82 Å². The molecule has 0 aliphatic carbocycles. The Morgan fingerprint density at radius 1 is 1.56 bits per heavy atom. The van der Waals surface area contributed by atoms with Crippen LogP contribution >= 0.6 is 15.9 Å². The molecule has 0 saturated carbocycles. The van der Waals surface area contributed by atoms with Crippen molar-refractivity contribution in [3.05, 3.63) is 34.1 Å². The summed E-state index contributed by atoms with van der Waals surface area (Å²) in [6, 6.07) is 4.19. The maximum absolute atomic E-state index is 13.0. The molecule has 1 N–H and O–H groups in total. The van der Waals surface area contributed by atoms with Crippen LogP contribution in [0.2, 0.25) is 0 Å². The molecular weight excluding hydrogens is 275 g/mol. The van der Waals surface area contributed by atoms with E-state index in [-0.39, 0.29) is 18.0 Å². The molecule has 0 aliphatic rings. The monoisotopic (exact) mass is 288 g/mol. The van der Waals surface area contributed by atoms with Gasteiger partial charge in [0, 0.05) is 10.9 Å². The van der Waals surface area contributed by atoms with Crippen LogP contribution in [-0.2, 0) is 11.2 Å². The first-order valence-corrected chi connectivity index (χ1v) is 5.98. The first-order chi connectivity index (χ1) is 7.54. The van der Waals surface area contributed by atoms with Gasteiger partial charge in [0.1, 0.15) is 11.9 Å². The molecule has 0 radical (unpaired) electrons. The summed E-state index contributed by atoms with van der Waals surface area (Å²) < 4.78 is 13.6. The highest BCUT2D eigenvalue weighted by Gasteiger charge is 2.15. The third-order valence-corrected chi connectivity index (χ3v) is 3.08. The van der Waals surface area contributed by atoms with E-state index >= 15 is 0 Å². The van der Waals surface area contributed by atoms with E-state index in [1.807, 2.05) is 6.92 Å². The van der Waals surface area contributed by atoms with E-state index in [1.54, 1.807) is 6.07 Å². The Morgan fingerprint density at radius 3 is 2.88 bits per heavy atom. The van der Waals surface area contributed by atoms with Gasteiger partial charge in [0.15, 0.2) is 5.78 Å². The number of aliphatic hydroxyl groups excluding tert-OH is 1. The summed E-state index contributed by atoms with van der Waals surface area (Å²) in [4.78, 5) is 11.6. The lowest BCUT2D eigenvalue weighted by atomic mass is 10.0. The van der Waals surface area contributed by atoms with Crippen molar-refractivity contribution in [2.75, 3.05) is 0 Å². The van der Waals surface area contributed by atoms with Crippen molar-refractivity contribution in [3.63, 3.8) is 0 Å². The molecule has 0 bridgehead atoms. The molecule has 0 fully saturated rings. The summed E-state index contributed by atoms with van der Waals surface area (Å²) >= 11 is 3.25. The van der Waals surface area contributed by atoms with E-state index in [2.05, 4.69) is 15.9 Å². The first kappa shape index (κ1) is 13.3. The van der Waals surface area contributed by atoms with Crippen LogP contribution in [0.5, 0.6) is 0 Å². The number of hydrogen-bond donors (Lipinski definition) is 1. The normalized spacial score (nSPS) is 12.5. The molecule has 0 saturated heterocycles. The van der Waals surface area contributed by atoms with Gasteiger partial charge in [-0.25, -0.2) is 4.39 Å². The number of benzene rings is 1. The third kappa shape index (κ3) is 3.68. The highest BCUT2D eigenvalue weighted by molar-refractivity contribution is 9.10. The second-order valence-electron chi connectivity index (χ2n) is 3.68. The molecule has 1 aromatic carbocycles. The smallest absolute Gasteiger partial charge is 0.165 e. The zero-order valence-electron chi connectivity index (χ0n) is 9.04. The molecule has 0 amide bonds. The molecule has 1 atom stereocenters. The lowest BCUT2D eigenvalue weighted by molar-refractivity contribution is -0.126. The van der Waals surface area contributed by atoms with Gasteiger partial charge in [-0.2, -0.15) is 0 Å². The minimum absolute atomic E-state index is 0.0551. The number of ketones is 1. The lowest BCUT2D eigenvalue weighted by Gasteiger charge is -2.09. The molecule has 1 unspecified atom stereocenters. The molecule has 1 rings (SSSR count). The van der Waals surface area contributed by atoms with Crippen molar-refractivity contribution < 1.29 is 14.3 Å². The van der Waals surface area contributed by atoms with Gasteiger partial charge in [0.05, 0.1) is 0 Å². The van der Waals surface area contributed by atoms with E-state index in [9.17, 15) is 14.3 Å². The van der Waals surface area contributed by atoms with Gasteiger partial charge >= 0.3 is 0 Å². The largest absolute Gasteiger partial charge is 0.385 e. The van der Waals surface area contributed by atoms with Crippen molar-refractivity contribution in [1.29, 1.82) is 0 Å². The first-order valence-electron chi connectivity index (χ1n) is 5.19. The zero-order valence-corrected chi connectivity index (χ0v) is 10.6. The number of rotatable bonds is 5. The molecule has 2 nitrogen and oxygen atoms in total. The van der Waals surface area contributed by atoms with Gasteiger partial charge in [-0.1, -0.05) is 29.3 Å². The SMILES string of the molecule is CCCC(O)C(=O)Cc1cc(F)ccc1Br. The van der Waals surface area contributed by atoms with Gasteiger partial charge in [-0.3, -0.25) is 4.79 Å². The lowest BCUT2D eigenvalue weighted by Crippen LogP contribution is -2.22. The number of halogens is 2. The van der Waals surface area contributed by atoms with Crippen molar-refractivity contribution in [1.82, 2.24) is 0 Å². The van der Waals surface area contributed by atoms with E-state index < -0.39 is 6.10 Å². The quantitative estimate of drug-likeness (QED) is 0.905. The van der Waals surface area contributed by atoms with E-state index in [4.69, 9.17) is 0 Å². The summed E-state index contributed by atoms with van der Waals surface area (Å²) in [5, 5.41) is 9.48. The summed E-state index contributed by atoms with van der Waals surface area (Å²) in [6.45, 7) is 1.90. The predicted octanol–water partition coefficient (Wildman–Crippen LogP) is 2.86. The fourth-order valence-electron chi connectivity index (χ4n) is 1.42. The van der Waals surface area contributed by atoms with Crippen LogP contribution in [0.4, 0.5) is 4.39 Å². The van der Waals surface area contributed by atoms with Crippen molar-refractivity contribution in [3.8, 4) is 0 Å². The van der Waals surface area contributed by atoms with Crippen LogP contribution in [0.1, 0.15) is 25.3 Å². The van der Waals surface area contributed by atoms with Crippen LogP contribution in [-0.4, -0.2) is 17.0 Å². The van der Waals surface area contributed by atoms with Crippen LogP contribution in [0.3, 0.4) is 0 Å². The molecule has 16 heavy (non-hydrogen) atoms. The van der Waals surface area contributed by atoms with Crippen molar-refractivity contribution in [2.24, 2.45) is 0 Å². The Balaban J connectivity index is 2.72. The van der Waals surface area contributed by atoms with Crippen molar-refractivity contribution >= 4 is 21.7 Å². The van der Waals surface area contributed by atoms with E-state index in [1.165, 1.54) is 12.1 Å². The fourth-order valence-corrected chi connectivity index (χ4v) is 1.81. The summed E-state index contributed by atoms with van der Waals surface area (Å²) in [5.41, 5.74) is 0.570. The molecule has 1 aromatic rings. The molecule has 0 heterocycles. The van der Waals surface area contributed by atoms with Crippen LogP contribution in [0.25, 0.3) is 0 Å². The Hall–Kier alpha value is -0.740. The van der Waals surface area contributed by atoms with E-state index in [0.717, 1.165) is 6.42 Å². The third-order valence-electron chi connectivity index (χ3n) is 2.31. The Bertz CT molecular complexity index is 379. The number of Topliss-reactive ketones (excluding diaryl/α,β-unsaturated/α-hetero) is 1. The average molecular weight is 289 g/mol. The topological polar surface area (TPSA) is 37.3 Å². The van der Waals surface area contributed by atoms with Crippen LogP contribution < -0.4 is 0 Å². The number of aliphatic hydroxyl groups is 1. The maximum Gasteiger partial charge on any atom is 0.165 e. The minimum atomic E-state index is -0.944. The molecule has 0 spiro atoms. The van der Waals surface area contributed by atoms with Gasteiger partial charge < -0.3 is 5.11 Å². The molecule has 0 aromatic heterocycles. The summed E-state index contributed by atoms with van der Waals surface area (Å²) in [7, 11) is 0. The second kappa shape index (κ2) is 6.11. The Morgan fingerprint density at radius 2 is 2.25 bits per heavy atom. The predicted molar refractivity (Wildman–Crippen MR) is 63.7 cm³/mol. The zero-order chi connectivity index (χ0) is 12.1. The van der Waals surface area contributed by atoms with Gasteiger partial charge in [-0.15, -0.1) is 0 Å². The Kier molecular flexibility index (Phi) is 5.09. The highest BCUT2D eigenvalue weighted by Crippen LogP contribution is 2.19. The number of carbonyl (C=O) groups is 1. The standard InChI is InChI=1S/C12H14BrFO2/c1-2-3-11(15)12(16)7-8-6-9(14)4-5-10(8)13/h4-6,11,15H,2-3,7H2,1H3. The molecular formula is C12H14BrFO2. The highest BCUT2D eigenvalue weighted by atomic mass is 79.9. The molecule has 88 valence electrons. The maximum atomic E-state index is 13.0. The summed E-state index contributed by atoms with van der Waals surface area (Å²) in [5.74, 6) is -0.649. The van der Waals surface area contributed by atoms with Gasteiger partial charge in [-0.05, 0) is 30.2 Å². The molecule has 0 aliphatic heterocycles. The molecule has 4 heteroatoms. The van der Waals surface area contributed by atoms with Crippen molar-refractivity contribution in [2.45, 2.75) is 32.3 Å². The van der Waals surface area contributed by atoms with E-state index in [0.29, 0.717) is 16.5 Å². The summed E-state index contributed by atoms with van der Waals surface area (Å²) in [6.07, 6.45) is 0.308. The minimum Gasteiger partial charge on any atom is -0.385 e. The average Bonchev–Trinajstić information content (AvgIpc) is 2.23. The number of hydrogen-bond acceptors (Lipinski definition) is 2. The number of carbonyl (C=O) groups excluding carboxylic acids is 1. The fraction of sp³-hybridized carbons (Fsp3) is 0.417. The second-order valence-corrected chi connectivity index (χ2v) is 4.54.